The first-order valence-corrected chi connectivity index (χ1v) is 8.61. The minimum atomic E-state index is -0.0430. The van der Waals surface area contributed by atoms with Gasteiger partial charge in [0.2, 0.25) is 0 Å². The molecule has 0 aromatic rings. The van der Waals surface area contributed by atoms with Crippen molar-refractivity contribution < 1.29 is 9.53 Å². The van der Waals surface area contributed by atoms with Gasteiger partial charge in [0.15, 0.2) is 0 Å². The molecule has 20 heavy (non-hydrogen) atoms. The van der Waals surface area contributed by atoms with Crippen LogP contribution in [0.1, 0.15) is 90.9 Å². The Morgan fingerprint density at radius 1 is 0.800 bits per heavy atom. The fourth-order valence-electron chi connectivity index (χ4n) is 2.22. The summed E-state index contributed by atoms with van der Waals surface area (Å²) in [4.78, 5) is 11.1. The fourth-order valence-corrected chi connectivity index (χ4v) is 2.22. The van der Waals surface area contributed by atoms with Crippen molar-refractivity contribution in [1.82, 2.24) is 0 Å². The number of carbonyl (C=O) groups excluding carboxylic acids is 1. The molecule has 0 fully saturated rings. The summed E-state index contributed by atoms with van der Waals surface area (Å²) in [6.45, 7) is 4.61. The molecule has 118 valence electrons. The van der Waals surface area contributed by atoms with E-state index in [1.807, 2.05) is 6.92 Å². The van der Waals surface area contributed by atoms with Crippen LogP contribution in [-0.2, 0) is 9.53 Å². The van der Waals surface area contributed by atoms with Gasteiger partial charge in [0.05, 0.1) is 6.61 Å². The second-order valence-electron chi connectivity index (χ2n) is 5.43. The van der Waals surface area contributed by atoms with Crippen molar-refractivity contribution in [2.75, 3.05) is 6.61 Å². The highest BCUT2D eigenvalue weighted by Crippen LogP contribution is 2.09. The molecular weight excluding hydrogens is 248 g/mol. The molecule has 0 radical (unpaired) electrons. The Hall–Kier alpha value is -0.790. The van der Waals surface area contributed by atoms with E-state index in [0.29, 0.717) is 13.0 Å². The Labute approximate surface area is 126 Å². The first kappa shape index (κ1) is 19.2. The monoisotopic (exact) mass is 282 g/mol. The lowest BCUT2D eigenvalue weighted by atomic mass is 10.1. The normalized spacial score (nSPS) is 11.1. The number of hydrogen-bond donors (Lipinski definition) is 0. The SMILES string of the molecule is CCCCCC/C=C/CCCCCCCC(=O)OCC. The molecule has 0 aliphatic carbocycles. The van der Waals surface area contributed by atoms with Gasteiger partial charge in [-0.15, -0.1) is 0 Å². The summed E-state index contributed by atoms with van der Waals surface area (Å²) in [6, 6.07) is 0. The zero-order chi connectivity index (χ0) is 14.9. The Morgan fingerprint density at radius 3 is 1.95 bits per heavy atom. The average molecular weight is 282 g/mol. The third-order valence-electron chi connectivity index (χ3n) is 3.45. The van der Waals surface area contributed by atoms with Gasteiger partial charge in [-0.05, 0) is 39.0 Å². The predicted molar refractivity (Wildman–Crippen MR) is 86.9 cm³/mol. The molecule has 0 rings (SSSR count). The second kappa shape index (κ2) is 16.3. The molecule has 0 amide bonds. The molecule has 0 atom stereocenters. The minimum Gasteiger partial charge on any atom is -0.466 e. The molecule has 0 aromatic carbocycles. The molecule has 0 bridgehead atoms. The van der Waals surface area contributed by atoms with E-state index in [-0.39, 0.29) is 5.97 Å². The molecule has 0 aliphatic heterocycles. The fraction of sp³-hybridized carbons (Fsp3) is 0.833. The Morgan fingerprint density at radius 2 is 1.35 bits per heavy atom. The Kier molecular flexibility index (Phi) is 15.6. The third kappa shape index (κ3) is 15.3. The van der Waals surface area contributed by atoms with E-state index in [2.05, 4.69) is 19.1 Å². The van der Waals surface area contributed by atoms with Crippen molar-refractivity contribution >= 4 is 5.97 Å². The molecule has 0 N–H and O–H groups in total. The number of allylic oxidation sites excluding steroid dienone is 2. The predicted octanol–water partition coefficient (Wildman–Crippen LogP) is 5.81. The largest absolute Gasteiger partial charge is 0.466 e. The standard InChI is InChI=1S/C18H34O2/c1-3-5-6-7-8-9-10-11-12-13-14-15-16-17-18(19)20-4-2/h9-10H,3-8,11-17H2,1-2H3/b10-9+. The lowest BCUT2D eigenvalue weighted by Crippen LogP contribution is -2.03. The van der Waals surface area contributed by atoms with Crippen LogP contribution in [0.2, 0.25) is 0 Å². The Balaban J connectivity index is 3.12. The maximum Gasteiger partial charge on any atom is 0.305 e. The van der Waals surface area contributed by atoms with Crippen LogP contribution in [0.5, 0.6) is 0 Å². The first-order valence-electron chi connectivity index (χ1n) is 8.61. The van der Waals surface area contributed by atoms with Crippen molar-refractivity contribution in [2.24, 2.45) is 0 Å². The van der Waals surface area contributed by atoms with Crippen LogP contribution < -0.4 is 0 Å². The van der Waals surface area contributed by atoms with Crippen molar-refractivity contribution in [2.45, 2.75) is 90.9 Å². The average Bonchev–Trinajstić information content (AvgIpc) is 2.44. The van der Waals surface area contributed by atoms with Gasteiger partial charge in [0.25, 0.3) is 0 Å². The van der Waals surface area contributed by atoms with Crippen LogP contribution in [0.15, 0.2) is 12.2 Å². The van der Waals surface area contributed by atoms with Gasteiger partial charge in [-0.1, -0.05) is 57.6 Å². The number of unbranched alkanes of at least 4 members (excludes halogenated alkanes) is 9. The first-order chi connectivity index (χ1) is 9.81. The number of carbonyl (C=O) groups is 1. The zero-order valence-electron chi connectivity index (χ0n) is 13.7. The quantitative estimate of drug-likeness (QED) is 0.228. The van der Waals surface area contributed by atoms with Gasteiger partial charge in [-0.3, -0.25) is 4.79 Å². The van der Waals surface area contributed by atoms with Crippen LogP contribution in [0.25, 0.3) is 0 Å². The van der Waals surface area contributed by atoms with Gasteiger partial charge < -0.3 is 4.74 Å². The Bertz CT molecular complexity index is 234. The van der Waals surface area contributed by atoms with E-state index >= 15 is 0 Å². The third-order valence-corrected chi connectivity index (χ3v) is 3.45. The van der Waals surface area contributed by atoms with Crippen molar-refractivity contribution in [3.63, 3.8) is 0 Å². The summed E-state index contributed by atoms with van der Waals surface area (Å²) in [5, 5.41) is 0. The van der Waals surface area contributed by atoms with E-state index in [9.17, 15) is 4.79 Å². The molecule has 2 heteroatoms. The molecular formula is C18H34O2. The minimum absolute atomic E-state index is 0.0430. The highest BCUT2D eigenvalue weighted by atomic mass is 16.5. The molecule has 0 aromatic heterocycles. The maximum atomic E-state index is 11.1. The molecule has 0 unspecified atom stereocenters. The summed E-state index contributed by atoms with van der Waals surface area (Å²) >= 11 is 0. The number of ether oxygens (including phenoxy) is 1. The highest BCUT2D eigenvalue weighted by Gasteiger charge is 2.00. The summed E-state index contributed by atoms with van der Waals surface area (Å²) in [7, 11) is 0. The van der Waals surface area contributed by atoms with Gasteiger partial charge >= 0.3 is 5.97 Å². The summed E-state index contributed by atoms with van der Waals surface area (Å²) in [5.74, 6) is -0.0430. The van der Waals surface area contributed by atoms with Gasteiger partial charge in [-0.2, -0.15) is 0 Å². The molecule has 0 aliphatic rings. The van der Waals surface area contributed by atoms with E-state index in [1.54, 1.807) is 0 Å². The topological polar surface area (TPSA) is 26.3 Å². The van der Waals surface area contributed by atoms with Crippen molar-refractivity contribution in [3.8, 4) is 0 Å². The van der Waals surface area contributed by atoms with Gasteiger partial charge in [-0.25, -0.2) is 0 Å². The molecule has 0 saturated carbocycles. The van der Waals surface area contributed by atoms with E-state index < -0.39 is 0 Å². The smallest absolute Gasteiger partial charge is 0.305 e. The second-order valence-corrected chi connectivity index (χ2v) is 5.43. The van der Waals surface area contributed by atoms with Crippen LogP contribution in [-0.4, -0.2) is 12.6 Å². The summed E-state index contributed by atoms with van der Waals surface area (Å²) < 4.78 is 4.90. The lowest BCUT2D eigenvalue weighted by Gasteiger charge is -2.01. The van der Waals surface area contributed by atoms with Gasteiger partial charge in [0.1, 0.15) is 0 Å². The molecule has 0 saturated heterocycles. The van der Waals surface area contributed by atoms with Crippen LogP contribution in [0.3, 0.4) is 0 Å². The van der Waals surface area contributed by atoms with Crippen molar-refractivity contribution in [3.05, 3.63) is 12.2 Å². The van der Waals surface area contributed by atoms with E-state index in [0.717, 1.165) is 12.8 Å². The summed E-state index contributed by atoms with van der Waals surface area (Å²) in [5.41, 5.74) is 0. The summed E-state index contributed by atoms with van der Waals surface area (Å²) in [6.07, 6.45) is 19.1. The van der Waals surface area contributed by atoms with Crippen LogP contribution in [0.4, 0.5) is 0 Å². The molecule has 0 spiro atoms. The maximum absolute atomic E-state index is 11.1. The number of rotatable bonds is 14. The van der Waals surface area contributed by atoms with Crippen molar-refractivity contribution in [1.29, 1.82) is 0 Å². The van der Waals surface area contributed by atoms with E-state index in [4.69, 9.17) is 4.74 Å². The van der Waals surface area contributed by atoms with E-state index in [1.165, 1.54) is 57.8 Å². The molecule has 2 nitrogen and oxygen atoms in total. The lowest BCUT2D eigenvalue weighted by molar-refractivity contribution is -0.143. The highest BCUT2D eigenvalue weighted by molar-refractivity contribution is 5.69. The number of hydrogen-bond acceptors (Lipinski definition) is 2. The van der Waals surface area contributed by atoms with Crippen LogP contribution in [0, 0.1) is 0 Å². The molecule has 0 heterocycles. The zero-order valence-corrected chi connectivity index (χ0v) is 13.7. The number of esters is 1. The van der Waals surface area contributed by atoms with Crippen LogP contribution >= 0.6 is 0 Å². The van der Waals surface area contributed by atoms with Gasteiger partial charge in [0, 0.05) is 6.42 Å².